The topological polar surface area (TPSA) is 44.8 Å². The van der Waals surface area contributed by atoms with Crippen molar-refractivity contribution in [3.05, 3.63) is 29.8 Å². The highest BCUT2D eigenvalue weighted by Crippen LogP contribution is 2.31. The van der Waals surface area contributed by atoms with Gasteiger partial charge in [0.05, 0.1) is 14.2 Å². The fourth-order valence-corrected chi connectivity index (χ4v) is 1.30. The van der Waals surface area contributed by atoms with Gasteiger partial charge in [-0.1, -0.05) is 18.2 Å². The zero-order valence-corrected chi connectivity index (χ0v) is 9.23. The van der Waals surface area contributed by atoms with Crippen molar-refractivity contribution in [3.8, 4) is 11.5 Å². The van der Waals surface area contributed by atoms with E-state index in [1.165, 1.54) is 6.47 Å². The minimum atomic E-state index is 0.184. The van der Waals surface area contributed by atoms with Crippen molar-refractivity contribution in [2.75, 3.05) is 20.8 Å². The summed E-state index contributed by atoms with van der Waals surface area (Å²) in [7, 11) is 3.15. The molecule has 0 N–H and O–H groups in total. The molecule has 0 aliphatic heterocycles. The van der Waals surface area contributed by atoms with Crippen molar-refractivity contribution >= 4 is 12.5 Å². The average molecular weight is 221 g/mol. The number of hydrogen-bond donors (Lipinski definition) is 0. The quantitative estimate of drug-likeness (QED) is 0.687. The molecule has 1 aromatic carbocycles. The molecule has 0 aliphatic carbocycles. The Morgan fingerprint density at radius 2 is 2.12 bits per heavy atom. The van der Waals surface area contributed by atoms with Gasteiger partial charge in [0.15, 0.2) is 11.5 Å². The smallest absolute Gasteiger partial charge is 0.417 e. The van der Waals surface area contributed by atoms with Gasteiger partial charge in [-0.15, -0.1) is 0 Å². The first-order valence-electron chi connectivity index (χ1n) is 4.70. The van der Waals surface area contributed by atoms with Crippen LogP contribution in [0, 0.1) is 0 Å². The van der Waals surface area contributed by atoms with E-state index in [9.17, 15) is 4.79 Å². The van der Waals surface area contributed by atoms with E-state index in [0.29, 0.717) is 11.5 Å². The van der Waals surface area contributed by atoms with Crippen LogP contribution < -0.4 is 9.47 Å². The van der Waals surface area contributed by atoms with Crippen LogP contribution in [0.3, 0.4) is 0 Å². The Kier molecular flexibility index (Phi) is 4.92. The molecule has 4 nitrogen and oxygen atoms in total. The lowest BCUT2D eigenvalue weighted by molar-refractivity contribution is 0.314. The maximum Gasteiger partial charge on any atom is 0.417 e. The maximum absolute atomic E-state index is 9.81. The molecule has 0 aromatic heterocycles. The molecule has 1 radical (unpaired) electrons. The van der Waals surface area contributed by atoms with Gasteiger partial charge < -0.3 is 14.2 Å². The molecule has 0 fully saturated rings. The third-order valence-electron chi connectivity index (χ3n) is 1.97. The van der Waals surface area contributed by atoms with E-state index in [2.05, 4.69) is 4.74 Å². The number of ether oxygens (including phenoxy) is 3. The molecule has 0 amide bonds. The van der Waals surface area contributed by atoms with Crippen LogP contribution in [0.2, 0.25) is 0 Å². The Bertz CT molecular complexity index is 371. The van der Waals surface area contributed by atoms with Crippen LogP contribution in [0.4, 0.5) is 0 Å². The molecule has 0 saturated carbocycles. The molecular formula is C12H13O4. The van der Waals surface area contributed by atoms with Gasteiger partial charge in [-0.3, -0.25) is 0 Å². The molecule has 0 saturated heterocycles. The number of rotatable bonds is 6. The van der Waals surface area contributed by atoms with Crippen molar-refractivity contribution in [3.63, 3.8) is 0 Å². The number of carbonyl (C=O) groups excluding carboxylic acids is 1. The maximum atomic E-state index is 9.81. The minimum Gasteiger partial charge on any atom is -0.493 e. The minimum absolute atomic E-state index is 0.184. The lowest BCUT2D eigenvalue weighted by Gasteiger charge is -2.09. The van der Waals surface area contributed by atoms with Gasteiger partial charge >= 0.3 is 6.47 Å². The molecule has 0 unspecified atom stereocenters. The van der Waals surface area contributed by atoms with Gasteiger partial charge in [0, 0.05) is 5.56 Å². The normalized spacial score (nSPS) is 10.1. The zero-order valence-electron chi connectivity index (χ0n) is 9.23. The van der Waals surface area contributed by atoms with E-state index in [4.69, 9.17) is 9.47 Å². The SMILES string of the molecule is COc1cccc(/C=C/CO[C]=O)c1OC. The van der Waals surface area contributed by atoms with Crippen LogP contribution in [0.1, 0.15) is 5.56 Å². The standard InChI is InChI=1S/C12H13O4/c1-14-11-7-3-5-10(12(11)15-2)6-4-8-16-9-13/h3-7H,8H2,1-2H3/b6-4+. The second-order valence-electron chi connectivity index (χ2n) is 2.88. The second kappa shape index (κ2) is 6.50. The summed E-state index contributed by atoms with van der Waals surface area (Å²) in [5.41, 5.74) is 0.858. The molecular weight excluding hydrogens is 208 g/mol. The van der Waals surface area contributed by atoms with E-state index in [1.54, 1.807) is 26.4 Å². The van der Waals surface area contributed by atoms with E-state index in [-0.39, 0.29) is 6.61 Å². The number of hydrogen-bond acceptors (Lipinski definition) is 4. The first-order chi connectivity index (χ1) is 7.83. The van der Waals surface area contributed by atoms with Crippen LogP contribution in [0.5, 0.6) is 11.5 Å². The first kappa shape index (κ1) is 12.1. The van der Waals surface area contributed by atoms with Crippen molar-refractivity contribution in [2.45, 2.75) is 0 Å². The molecule has 85 valence electrons. The van der Waals surface area contributed by atoms with E-state index in [1.807, 2.05) is 18.2 Å². The highest BCUT2D eigenvalue weighted by molar-refractivity contribution is 5.62. The molecule has 1 rings (SSSR count). The average Bonchev–Trinajstić information content (AvgIpc) is 2.34. The van der Waals surface area contributed by atoms with Crippen molar-refractivity contribution in [1.29, 1.82) is 0 Å². The monoisotopic (exact) mass is 221 g/mol. The Morgan fingerprint density at radius 3 is 2.75 bits per heavy atom. The van der Waals surface area contributed by atoms with Gasteiger partial charge in [0.2, 0.25) is 0 Å². The predicted octanol–water partition coefficient (Wildman–Crippen LogP) is 1.80. The van der Waals surface area contributed by atoms with Crippen LogP contribution in [0.15, 0.2) is 24.3 Å². The molecule has 0 bridgehead atoms. The van der Waals surface area contributed by atoms with Crippen LogP contribution in [-0.4, -0.2) is 27.3 Å². The summed E-state index contributed by atoms with van der Waals surface area (Å²) in [4.78, 5) is 9.81. The summed E-state index contributed by atoms with van der Waals surface area (Å²) in [5.74, 6) is 1.31. The summed E-state index contributed by atoms with van der Waals surface area (Å²) in [6.45, 7) is 1.53. The summed E-state index contributed by atoms with van der Waals surface area (Å²) in [6, 6.07) is 5.54. The lowest BCUT2D eigenvalue weighted by atomic mass is 10.1. The fourth-order valence-electron chi connectivity index (χ4n) is 1.30. The van der Waals surface area contributed by atoms with Gasteiger partial charge in [-0.2, -0.15) is 0 Å². The Morgan fingerprint density at radius 1 is 1.31 bits per heavy atom. The third-order valence-corrected chi connectivity index (χ3v) is 1.97. The summed E-state index contributed by atoms with van der Waals surface area (Å²) < 4.78 is 14.8. The molecule has 0 heterocycles. The highest BCUT2D eigenvalue weighted by Gasteiger charge is 2.05. The number of para-hydroxylation sites is 1. The Hall–Kier alpha value is -1.97. The summed E-state index contributed by atoms with van der Waals surface area (Å²) >= 11 is 0. The van der Waals surface area contributed by atoms with Gasteiger partial charge in [0.25, 0.3) is 0 Å². The largest absolute Gasteiger partial charge is 0.493 e. The van der Waals surface area contributed by atoms with Gasteiger partial charge in [-0.25, -0.2) is 4.79 Å². The van der Waals surface area contributed by atoms with E-state index < -0.39 is 0 Å². The summed E-state index contributed by atoms with van der Waals surface area (Å²) in [6.07, 6.45) is 3.49. The molecule has 0 spiro atoms. The summed E-state index contributed by atoms with van der Waals surface area (Å²) in [5, 5.41) is 0. The zero-order chi connectivity index (χ0) is 11.8. The first-order valence-corrected chi connectivity index (χ1v) is 4.70. The molecule has 1 aromatic rings. The van der Waals surface area contributed by atoms with Crippen LogP contribution in [0.25, 0.3) is 6.08 Å². The third kappa shape index (κ3) is 3.02. The molecule has 0 atom stereocenters. The molecule has 4 heteroatoms. The van der Waals surface area contributed by atoms with Crippen molar-refractivity contribution in [1.82, 2.24) is 0 Å². The second-order valence-corrected chi connectivity index (χ2v) is 2.88. The van der Waals surface area contributed by atoms with Gasteiger partial charge in [0.1, 0.15) is 6.61 Å². The lowest BCUT2D eigenvalue weighted by Crippen LogP contribution is -1.93. The highest BCUT2D eigenvalue weighted by atomic mass is 16.5. The van der Waals surface area contributed by atoms with Gasteiger partial charge in [-0.05, 0) is 12.1 Å². The van der Waals surface area contributed by atoms with E-state index in [0.717, 1.165) is 5.56 Å². The molecule has 0 aliphatic rings. The Balaban J connectivity index is 2.86. The van der Waals surface area contributed by atoms with Crippen molar-refractivity contribution in [2.24, 2.45) is 0 Å². The number of benzene rings is 1. The van der Waals surface area contributed by atoms with Crippen LogP contribution in [-0.2, 0) is 9.53 Å². The molecule has 16 heavy (non-hydrogen) atoms. The predicted molar refractivity (Wildman–Crippen MR) is 60.2 cm³/mol. The van der Waals surface area contributed by atoms with Crippen molar-refractivity contribution < 1.29 is 19.0 Å². The van der Waals surface area contributed by atoms with Crippen LogP contribution >= 0.6 is 0 Å². The van der Waals surface area contributed by atoms with E-state index >= 15 is 0 Å². The number of methoxy groups -OCH3 is 2. The fraction of sp³-hybridized carbons (Fsp3) is 0.250. The Labute approximate surface area is 94.4 Å².